The van der Waals surface area contributed by atoms with Gasteiger partial charge in [0.2, 0.25) is 0 Å². The van der Waals surface area contributed by atoms with E-state index in [1.807, 2.05) is 71.7 Å². The Morgan fingerprint density at radius 2 is 1.81 bits per heavy atom. The van der Waals surface area contributed by atoms with Gasteiger partial charge >= 0.3 is 5.18 Å². The van der Waals surface area contributed by atoms with Gasteiger partial charge in [0, 0.05) is 17.0 Å². The quantitative estimate of drug-likeness (QED) is 0.521. The number of amides is 1. The van der Waals surface area contributed by atoms with Crippen molar-refractivity contribution in [3.05, 3.63) is 105 Å². The molecule has 0 bridgehead atoms. The smallest absolute Gasteiger partial charge is 0.336 e. The summed E-state index contributed by atoms with van der Waals surface area (Å²) in [6, 6.07) is 25.4. The number of carbonyl (C=O) groups is 1. The standard InChI is InChI=1S/C25H18ClN3O2S/c26-18-12-10-16(11-13-18)14-23-24(30)27-25(32-23)29-21(19-8-4-5-9-22(19)31-25)15-20(28-29)17-6-2-1-3-7-17/h1-14,21H,15H2,(H,27,30)/b23-14+/t21-,25+/m0/s1. The van der Waals surface area contributed by atoms with Gasteiger partial charge in [-0.1, -0.05) is 72.3 Å². The lowest BCUT2D eigenvalue weighted by molar-refractivity contribution is -0.127. The number of hydrogen-bond acceptors (Lipinski definition) is 5. The Kier molecular flexibility index (Phi) is 4.52. The maximum atomic E-state index is 13.0. The highest BCUT2D eigenvalue weighted by Gasteiger charge is 2.57. The maximum absolute atomic E-state index is 13.0. The molecule has 32 heavy (non-hydrogen) atoms. The normalized spacial score (nSPS) is 24.7. The first-order valence-corrected chi connectivity index (χ1v) is 11.5. The number of hydrogen-bond donors (Lipinski definition) is 1. The predicted molar refractivity (Wildman–Crippen MR) is 127 cm³/mol. The number of thioether (sulfide) groups is 1. The number of hydrazone groups is 1. The summed E-state index contributed by atoms with van der Waals surface area (Å²) in [5, 5.41) is 9.43. The van der Waals surface area contributed by atoms with Crippen LogP contribution < -0.4 is 10.1 Å². The van der Waals surface area contributed by atoms with Crippen LogP contribution in [0.3, 0.4) is 0 Å². The fourth-order valence-corrected chi connectivity index (χ4v) is 5.55. The molecule has 1 amide bonds. The minimum absolute atomic E-state index is 0.0298. The van der Waals surface area contributed by atoms with Crippen molar-refractivity contribution < 1.29 is 9.53 Å². The van der Waals surface area contributed by atoms with E-state index in [1.54, 1.807) is 0 Å². The van der Waals surface area contributed by atoms with Gasteiger partial charge < -0.3 is 4.74 Å². The molecule has 0 radical (unpaired) electrons. The second-order valence-electron chi connectivity index (χ2n) is 7.82. The first kappa shape index (κ1) is 19.5. The first-order chi connectivity index (χ1) is 15.6. The maximum Gasteiger partial charge on any atom is 0.336 e. The van der Waals surface area contributed by atoms with E-state index in [-0.39, 0.29) is 11.9 Å². The number of nitrogens with one attached hydrogen (secondary N) is 1. The van der Waals surface area contributed by atoms with E-state index in [2.05, 4.69) is 23.5 Å². The molecule has 3 aliphatic rings. The van der Waals surface area contributed by atoms with Crippen molar-refractivity contribution in [3.63, 3.8) is 0 Å². The van der Waals surface area contributed by atoms with E-state index in [9.17, 15) is 4.79 Å². The Morgan fingerprint density at radius 1 is 1.06 bits per heavy atom. The molecule has 1 spiro atoms. The van der Waals surface area contributed by atoms with Crippen LogP contribution in [0.4, 0.5) is 0 Å². The van der Waals surface area contributed by atoms with Crippen LogP contribution in [0.15, 0.2) is 88.9 Å². The molecule has 3 aromatic rings. The lowest BCUT2D eigenvalue weighted by Crippen LogP contribution is -2.58. The largest absolute Gasteiger partial charge is 0.439 e. The van der Waals surface area contributed by atoms with Gasteiger partial charge in [-0.3, -0.25) is 10.1 Å². The molecule has 2 atom stereocenters. The van der Waals surface area contributed by atoms with Crippen molar-refractivity contribution in [2.75, 3.05) is 0 Å². The van der Waals surface area contributed by atoms with Crippen molar-refractivity contribution >= 4 is 41.1 Å². The number of carbonyl (C=O) groups excluding carboxylic acids is 1. The molecule has 0 aliphatic carbocycles. The molecule has 7 heteroatoms. The summed E-state index contributed by atoms with van der Waals surface area (Å²) in [6.45, 7) is 0. The van der Waals surface area contributed by atoms with E-state index in [4.69, 9.17) is 21.4 Å². The molecular formula is C25H18ClN3O2S. The second kappa shape index (κ2) is 7.43. The predicted octanol–water partition coefficient (Wildman–Crippen LogP) is 5.40. The monoisotopic (exact) mass is 459 g/mol. The van der Waals surface area contributed by atoms with Gasteiger partial charge in [0.05, 0.1) is 16.7 Å². The van der Waals surface area contributed by atoms with Crippen LogP contribution in [0, 0.1) is 0 Å². The van der Waals surface area contributed by atoms with Crippen LogP contribution in [-0.2, 0) is 4.79 Å². The van der Waals surface area contributed by atoms with Crippen molar-refractivity contribution in [2.24, 2.45) is 5.10 Å². The van der Waals surface area contributed by atoms with E-state index in [0.29, 0.717) is 9.93 Å². The minimum atomic E-state index is -1.13. The summed E-state index contributed by atoms with van der Waals surface area (Å²) >= 11 is 7.34. The summed E-state index contributed by atoms with van der Waals surface area (Å²) in [5.74, 6) is 0.574. The van der Waals surface area contributed by atoms with Gasteiger partial charge in [-0.2, -0.15) is 5.10 Å². The lowest BCUT2D eigenvalue weighted by Gasteiger charge is -2.43. The minimum Gasteiger partial charge on any atom is -0.439 e. The highest BCUT2D eigenvalue weighted by Crippen LogP contribution is 2.53. The molecular weight excluding hydrogens is 442 g/mol. The molecule has 1 fully saturated rings. The fraction of sp³-hybridized carbons (Fsp3) is 0.120. The molecule has 1 N–H and O–H groups in total. The van der Waals surface area contributed by atoms with Crippen molar-refractivity contribution in [2.45, 2.75) is 17.6 Å². The average Bonchev–Trinajstić information content (AvgIpc) is 3.39. The highest BCUT2D eigenvalue weighted by atomic mass is 35.5. The Labute approximate surface area is 194 Å². The molecule has 3 aliphatic heterocycles. The second-order valence-corrected chi connectivity index (χ2v) is 9.45. The number of nitrogens with zero attached hydrogens (tertiary/aromatic N) is 2. The third kappa shape index (κ3) is 3.18. The highest BCUT2D eigenvalue weighted by molar-refractivity contribution is 8.05. The summed E-state index contributed by atoms with van der Waals surface area (Å²) in [4.78, 5) is 13.6. The zero-order valence-electron chi connectivity index (χ0n) is 16.9. The van der Waals surface area contributed by atoms with E-state index < -0.39 is 5.18 Å². The summed E-state index contributed by atoms with van der Waals surface area (Å²) in [7, 11) is 0. The van der Waals surface area contributed by atoms with Gasteiger partial charge in [0.15, 0.2) is 0 Å². The van der Waals surface area contributed by atoms with Gasteiger partial charge in [-0.05, 0) is 47.2 Å². The van der Waals surface area contributed by atoms with Crippen LogP contribution in [0.1, 0.15) is 29.2 Å². The molecule has 0 saturated carbocycles. The van der Waals surface area contributed by atoms with Gasteiger partial charge in [0.1, 0.15) is 5.75 Å². The molecule has 158 valence electrons. The number of rotatable bonds is 2. The molecule has 3 aromatic carbocycles. The lowest BCUT2D eigenvalue weighted by atomic mass is 9.97. The Hall–Kier alpha value is -3.22. The first-order valence-electron chi connectivity index (χ1n) is 10.3. The molecule has 0 aromatic heterocycles. The number of halogens is 1. The summed E-state index contributed by atoms with van der Waals surface area (Å²) in [5.41, 5.74) is 4.01. The molecule has 5 nitrogen and oxygen atoms in total. The van der Waals surface area contributed by atoms with Gasteiger partial charge in [-0.15, -0.1) is 0 Å². The van der Waals surface area contributed by atoms with Crippen LogP contribution in [0.25, 0.3) is 6.08 Å². The molecule has 1 saturated heterocycles. The Bertz CT molecular complexity index is 1280. The van der Waals surface area contributed by atoms with Crippen molar-refractivity contribution in [3.8, 4) is 5.75 Å². The van der Waals surface area contributed by atoms with Crippen molar-refractivity contribution in [1.82, 2.24) is 10.3 Å². The SMILES string of the molecule is O=C1N[C@@]2(Oc3ccccc3[C@@H]3CC(c4ccccc4)=NN32)S/C1=C/c1ccc(Cl)cc1. The zero-order valence-corrected chi connectivity index (χ0v) is 18.4. The van der Waals surface area contributed by atoms with Crippen LogP contribution in [0.2, 0.25) is 5.02 Å². The van der Waals surface area contributed by atoms with Gasteiger partial charge in [-0.25, -0.2) is 5.01 Å². The number of para-hydroxylation sites is 1. The summed E-state index contributed by atoms with van der Waals surface area (Å²) in [6.07, 6.45) is 2.58. The van der Waals surface area contributed by atoms with Crippen LogP contribution in [0.5, 0.6) is 5.75 Å². The van der Waals surface area contributed by atoms with E-state index >= 15 is 0 Å². The third-order valence-electron chi connectivity index (χ3n) is 5.76. The fourth-order valence-electron chi connectivity index (χ4n) is 4.26. The average molecular weight is 460 g/mol. The summed E-state index contributed by atoms with van der Waals surface area (Å²) < 4.78 is 6.42. The van der Waals surface area contributed by atoms with Gasteiger partial charge in [0.25, 0.3) is 5.91 Å². The number of fused-ring (bicyclic) bond motifs is 4. The Morgan fingerprint density at radius 3 is 2.62 bits per heavy atom. The third-order valence-corrected chi connectivity index (χ3v) is 7.18. The molecule has 6 rings (SSSR count). The van der Waals surface area contributed by atoms with Crippen LogP contribution in [-0.4, -0.2) is 21.8 Å². The zero-order chi connectivity index (χ0) is 21.7. The van der Waals surface area contributed by atoms with E-state index in [1.165, 1.54) is 11.8 Å². The van der Waals surface area contributed by atoms with E-state index in [0.717, 1.165) is 34.6 Å². The molecule has 3 heterocycles. The molecule has 0 unspecified atom stereocenters. The van der Waals surface area contributed by atoms with Crippen molar-refractivity contribution in [1.29, 1.82) is 0 Å². The van der Waals surface area contributed by atoms with Crippen LogP contribution >= 0.6 is 23.4 Å². The number of benzene rings is 3. The topological polar surface area (TPSA) is 53.9 Å². The number of ether oxygens (including phenoxy) is 1. The Balaban J connectivity index is 1.42.